The molecule has 1 aliphatic carbocycles. The average Bonchev–Trinajstić information content (AvgIpc) is 3.04. The van der Waals surface area contributed by atoms with Crippen molar-refractivity contribution in [1.82, 2.24) is 15.5 Å². The highest BCUT2D eigenvalue weighted by molar-refractivity contribution is 14.0. The van der Waals surface area contributed by atoms with E-state index >= 15 is 0 Å². The van der Waals surface area contributed by atoms with Crippen molar-refractivity contribution < 1.29 is 18.3 Å². The van der Waals surface area contributed by atoms with E-state index in [0.717, 1.165) is 19.3 Å². The fourth-order valence-corrected chi connectivity index (χ4v) is 3.30. The molecule has 1 aliphatic heterocycles. The van der Waals surface area contributed by atoms with Crippen LogP contribution in [0.4, 0.5) is 13.2 Å². The van der Waals surface area contributed by atoms with Crippen LogP contribution in [0.2, 0.25) is 0 Å². The third-order valence-corrected chi connectivity index (χ3v) is 4.46. The first kappa shape index (κ1) is 21.8. The van der Waals surface area contributed by atoms with Crippen molar-refractivity contribution in [2.75, 3.05) is 32.7 Å². The zero-order chi connectivity index (χ0) is 16.9. The first-order chi connectivity index (χ1) is 10.9. The standard InChI is InChI=1S/C15H27F3N4O.HI/c1-2-19-14(20-8-11-4-3-5-13(11)23)21-12-6-7-22(9-12)10-15(16,17)18;/h11-13,23H,2-10H2,1H3,(H2,19,20,21);1H. The molecule has 1 saturated heterocycles. The van der Waals surface area contributed by atoms with Crippen LogP contribution in [0.1, 0.15) is 32.6 Å². The molecule has 1 saturated carbocycles. The lowest BCUT2D eigenvalue weighted by Gasteiger charge is -2.20. The van der Waals surface area contributed by atoms with Gasteiger partial charge in [0.2, 0.25) is 0 Å². The summed E-state index contributed by atoms with van der Waals surface area (Å²) >= 11 is 0. The Labute approximate surface area is 158 Å². The van der Waals surface area contributed by atoms with Gasteiger partial charge in [0, 0.05) is 38.1 Å². The molecule has 0 aromatic carbocycles. The summed E-state index contributed by atoms with van der Waals surface area (Å²) in [4.78, 5) is 5.92. The van der Waals surface area contributed by atoms with Crippen LogP contribution in [0.15, 0.2) is 4.99 Å². The molecule has 2 aliphatic rings. The van der Waals surface area contributed by atoms with Crippen molar-refractivity contribution in [2.45, 2.75) is 50.9 Å². The minimum absolute atomic E-state index is 0. The van der Waals surface area contributed by atoms with E-state index in [1.54, 1.807) is 0 Å². The minimum atomic E-state index is -4.15. The summed E-state index contributed by atoms with van der Waals surface area (Å²) in [7, 11) is 0. The van der Waals surface area contributed by atoms with Gasteiger partial charge < -0.3 is 15.7 Å². The minimum Gasteiger partial charge on any atom is -0.393 e. The first-order valence-corrected chi connectivity index (χ1v) is 8.39. The summed E-state index contributed by atoms with van der Waals surface area (Å²) in [6, 6.07) is -0.0244. The zero-order valence-electron chi connectivity index (χ0n) is 14.0. The normalized spacial score (nSPS) is 28.7. The summed E-state index contributed by atoms with van der Waals surface area (Å²) < 4.78 is 37.3. The van der Waals surface area contributed by atoms with Gasteiger partial charge in [-0.1, -0.05) is 6.42 Å². The van der Waals surface area contributed by atoms with Gasteiger partial charge in [0.1, 0.15) is 0 Å². The van der Waals surface area contributed by atoms with Crippen LogP contribution in [0.5, 0.6) is 0 Å². The Bertz CT molecular complexity index is 409. The predicted molar refractivity (Wildman–Crippen MR) is 98.8 cm³/mol. The molecule has 2 rings (SSSR count). The Kier molecular flexibility index (Phi) is 9.07. The molecular weight excluding hydrogens is 436 g/mol. The third kappa shape index (κ3) is 7.30. The summed E-state index contributed by atoms with van der Waals surface area (Å²) in [5, 5.41) is 16.2. The number of hydrogen-bond donors (Lipinski definition) is 3. The number of alkyl halides is 3. The number of aliphatic hydroxyl groups is 1. The summed E-state index contributed by atoms with van der Waals surface area (Å²) in [5.74, 6) is 0.821. The molecule has 142 valence electrons. The number of halogens is 4. The Balaban J connectivity index is 0.00000288. The van der Waals surface area contributed by atoms with Gasteiger partial charge in [0.25, 0.3) is 0 Å². The lowest BCUT2D eigenvalue weighted by molar-refractivity contribution is -0.143. The maximum absolute atomic E-state index is 12.4. The highest BCUT2D eigenvalue weighted by atomic mass is 127. The van der Waals surface area contributed by atoms with E-state index in [0.29, 0.717) is 38.6 Å². The number of nitrogens with zero attached hydrogens (tertiary/aromatic N) is 2. The van der Waals surface area contributed by atoms with E-state index < -0.39 is 12.7 Å². The van der Waals surface area contributed by atoms with Gasteiger partial charge in [-0.25, -0.2) is 0 Å². The van der Waals surface area contributed by atoms with Crippen molar-refractivity contribution in [3.63, 3.8) is 0 Å². The second kappa shape index (κ2) is 10.0. The van der Waals surface area contributed by atoms with Crippen molar-refractivity contribution in [1.29, 1.82) is 0 Å². The monoisotopic (exact) mass is 464 g/mol. The fourth-order valence-electron chi connectivity index (χ4n) is 3.30. The lowest BCUT2D eigenvalue weighted by Crippen LogP contribution is -2.45. The molecule has 0 aromatic heterocycles. The summed E-state index contributed by atoms with van der Waals surface area (Å²) in [6.07, 6.45) is -0.916. The average molecular weight is 464 g/mol. The van der Waals surface area contributed by atoms with Crippen molar-refractivity contribution in [3.05, 3.63) is 0 Å². The summed E-state index contributed by atoms with van der Waals surface area (Å²) in [5.41, 5.74) is 0. The SMILES string of the molecule is CCNC(=NCC1CCCC1O)NC1CCN(CC(F)(F)F)C1.I. The van der Waals surface area contributed by atoms with E-state index in [2.05, 4.69) is 15.6 Å². The number of aliphatic hydroxyl groups excluding tert-OH is 1. The Morgan fingerprint density at radius 3 is 2.62 bits per heavy atom. The number of guanidine groups is 1. The topological polar surface area (TPSA) is 59.9 Å². The lowest BCUT2D eigenvalue weighted by atomic mass is 10.1. The second-order valence-corrected chi connectivity index (χ2v) is 6.46. The predicted octanol–water partition coefficient (Wildman–Crippen LogP) is 1.96. The molecular formula is C15H28F3IN4O. The third-order valence-electron chi connectivity index (χ3n) is 4.46. The van der Waals surface area contributed by atoms with Crippen LogP contribution in [0.3, 0.4) is 0 Å². The van der Waals surface area contributed by atoms with Crippen LogP contribution in [-0.4, -0.2) is 67.0 Å². The molecule has 3 atom stereocenters. The van der Waals surface area contributed by atoms with E-state index in [9.17, 15) is 18.3 Å². The van der Waals surface area contributed by atoms with Crippen molar-refractivity contribution >= 4 is 29.9 Å². The molecule has 1 heterocycles. The highest BCUT2D eigenvalue weighted by Gasteiger charge is 2.34. The molecule has 0 aromatic rings. The van der Waals surface area contributed by atoms with Gasteiger partial charge in [0.05, 0.1) is 12.6 Å². The molecule has 0 radical (unpaired) electrons. The maximum atomic E-state index is 12.4. The quantitative estimate of drug-likeness (QED) is 0.331. The Morgan fingerprint density at radius 1 is 1.29 bits per heavy atom. The molecule has 3 unspecified atom stereocenters. The molecule has 0 bridgehead atoms. The number of nitrogens with one attached hydrogen (secondary N) is 2. The van der Waals surface area contributed by atoms with Gasteiger partial charge in [-0.15, -0.1) is 24.0 Å². The van der Waals surface area contributed by atoms with Crippen LogP contribution in [0.25, 0.3) is 0 Å². The van der Waals surface area contributed by atoms with Gasteiger partial charge >= 0.3 is 6.18 Å². The number of likely N-dealkylation sites (tertiary alicyclic amines) is 1. The first-order valence-electron chi connectivity index (χ1n) is 8.39. The van der Waals surface area contributed by atoms with E-state index in [-0.39, 0.29) is 42.0 Å². The van der Waals surface area contributed by atoms with E-state index in [4.69, 9.17) is 0 Å². The highest BCUT2D eigenvalue weighted by Crippen LogP contribution is 2.25. The van der Waals surface area contributed by atoms with Gasteiger partial charge in [-0.2, -0.15) is 13.2 Å². The van der Waals surface area contributed by atoms with Gasteiger partial charge in [-0.3, -0.25) is 9.89 Å². The number of hydrogen-bond acceptors (Lipinski definition) is 3. The Hall–Kier alpha value is -0.290. The molecule has 5 nitrogen and oxygen atoms in total. The number of aliphatic imine (C=N–C) groups is 1. The van der Waals surface area contributed by atoms with Crippen LogP contribution in [0, 0.1) is 5.92 Å². The molecule has 2 fully saturated rings. The largest absolute Gasteiger partial charge is 0.401 e. The maximum Gasteiger partial charge on any atom is 0.401 e. The van der Waals surface area contributed by atoms with Crippen LogP contribution in [-0.2, 0) is 0 Å². The molecule has 3 N–H and O–H groups in total. The molecule has 0 spiro atoms. The van der Waals surface area contributed by atoms with E-state index in [1.165, 1.54) is 4.90 Å². The van der Waals surface area contributed by atoms with Gasteiger partial charge in [0.15, 0.2) is 5.96 Å². The zero-order valence-corrected chi connectivity index (χ0v) is 16.3. The van der Waals surface area contributed by atoms with Crippen LogP contribution >= 0.6 is 24.0 Å². The molecule has 0 amide bonds. The Morgan fingerprint density at radius 2 is 2.04 bits per heavy atom. The molecule has 24 heavy (non-hydrogen) atoms. The smallest absolute Gasteiger partial charge is 0.393 e. The summed E-state index contributed by atoms with van der Waals surface area (Å²) in [6.45, 7) is 3.15. The van der Waals surface area contributed by atoms with E-state index in [1.807, 2.05) is 6.92 Å². The van der Waals surface area contributed by atoms with Crippen molar-refractivity contribution in [2.24, 2.45) is 10.9 Å². The van der Waals surface area contributed by atoms with Gasteiger partial charge in [-0.05, 0) is 26.2 Å². The molecule has 9 heteroatoms. The van der Waals surface area contributed by atoms with Crippen molar-refractivity contribution in [3.8, 4) is 0 Å². The second-order valence-electron chi connectivity index (χ2n) is 6.46. The van der Waals surface area contributed by atoms with Crippen LogP contribution < -0.4 is 10.6 Å². The fraction of sp³-hybridized carbons (Fsp3) is 0.933. The number of rotatable bonds is 5.